The first-order valence-electron chi connectivity index (χ1n) is 10.2. The average Bonchev–Trinajstić information content (AvgIpc) is 3.20. The Kier molecular flexibility index (Phi) is 6.08. The topological polar surface area (TPSA) is 66.7 Å². The summed E-state index contributed by atoms with van der Waals surface area (Å²) < 4.78 is 5.78. The fraction of sp³-hybridized carbons (Fsp3) is 0.348. The van der Waals surface area contributed by atoms with Crippen molar-refractivity contribution >= 4 is 34.7 Å². The largest absolute Gasteiger partial charge is 0.431 e. The number of oxazole rings is 1. The van der Waals surface area contributed by atoms with Crippen LogP contribution in [0.1, 0.15) is 29.8 Å². The molecule has 0 aliphatic carbocycles. The number of carbonyl (C=O) groups excluding carboxylic acids is 2. The zero-order valence-corrected chi connectivity index (χ0v) is 18.0. The minimum atomic E-state index is -0.0168. The molecule has 2 amide bonds. The van der Waals surface area contributed by atoms with E-state index in [-0.39, 0.29) is 17.7 Å². The average molecular weight is 424 g/mol. The van der Waals surface area contributed by atoms with Crippen molar-refractivity contribution in [2.75, 3.05) is 26.2 Å². The van der Waals surface area contributed by atoms with Crippen LogP contribution in [0.5, 0.6) is 0 Å². The van der Waals surface area contributed by atoms with E-state index in [4.69, 9.17) is 4.42 Å². The van der Waals surface area contributed by atoms with Crippen molar-refractivity contribution < 1.29 is 14.0 Å². The minimum absolute atomic E-state index is 0.0143. The SMILES string of the molecule is CC(C)C(=O)N1CCN(C(=O)c2ccccc2CSc2nc3ccccc3o2)CC1. The zero-order chi connectivity index (χ0) is 21.1. The van der Waals surface area contributed by atoms with Gasteiger partial charge in [0.15, 0.2) is 5.58 Å². The lowest BCUT2D eigenvalue weighted by atomic mass is 10.1. The lowest BCUT2D eigenvalue weighted by molar-refractivity contribution is -0.135. The van der Waals surface area contributed by atoms with Crippen molar-refractivity contribution in [2.45, 2.75) is 24.8 Å². The molecule has 3 aromatic rings. The van der Waals surface area contributed by atoms with E-state index in [0.29, 0.717) is 42.7 Å². The summed E-state index contributed by atoms with van der Waals surface area (Å²) in [5, 5.41) is 0.597. The second-order valence-electron chi connectivity index (χ2n) is 7.67. The van der Waals surface area contributed by atoms with Crippen LogP contribution >= 0.6 is 11.8 Å². The number of hydrogen-bond acceptors (Lipinski definition) is 5. The molecule has 4 rings (SSSR count). The van der Waals surface area contributed by atoms with Crippen LogP contribution < -0.4 is 0 Å². The maximum absolute atomic E-state index is 13.2. The number of piperazine rings is 1. The number of aromatic nitrogens is 1. The third-order valence-electron chi connectivity index (χ3n) is 5.25. The maximum atomic E-state index is 13.2. The van der Waals surface area contributed by atoms with Crippen molar-refractivity contribution in [1.82, 2.24) is 14.8 Å². The Labute approximate surface area is 180 Å². The molecule has 6 nitrogen and oxygen atoms in total. The van der Waals surface area contributed by atoms with E-state index in [2.05, 4.69) is 4.98 Å². The van der Waals surface area contributed by atoms with E-state index in [0.717, 1.165) is 16.7 Å². The number of carbonyl (C=O) groups is 2. The highest BCUT2D eigenvalue weighted by Gasteiger charge is 2.27. The number of fused-ring (bicyclic) bond motifs is 1. The van der Waals surface area contributed by atoms with Crippen LogP contribution in [0.4, 0.5) is 0 Å². The minimum Gasteiger partial charge on any atom is -0.431 e. The van der Waals surface area contributed by atoms with Crippen molar-refractivity contribution in [3.63, 3.8) is 0 Å². The van der Waals surface area contributed by atoms with Crippen molar-refractivity contribution in [3.05, 3.63) is 59.7 Å². The first-order chi connectivity index (χ1) is 14.5. The molecule has 0 radical (unpaired) electrons. The molecule has 7 heteroatoms. The highest BCUT2D eigenvalue weighted by molar-refractivity contribution is 7.98. The molecule has 0 unspecified atom stereocenters. The summed E-state index contributed by atoms with van der Waals surface area (Å²) in [5.41, 5.74) is 3.25. The van der Waals surface area contributed by atoms with Crippen LogP contribution in [0.3, 0.4) is 0 Å². The molecule has 0 saturated carbocycles. The summed E-state index contributed by atoms with van der Waals surface area (Å²) in [6.07, 6.45) is 0. The van der Waals surface area contributed by atoms with Gasteiger partial charge in [-0.2, -0.15) is 0 Å². The van der Waals surface area contributed by atoms with Gasteiger partial charge in [-0.3, -0.25) is 9.59 Å². The Balaban J connectivity index is 1.42. The predicted molar refractivity (Wildman–Crippen MR) is 117 cm³/mol. The second-order valence-corrected chi connectivity index (χ2v) is 8.59. The van der Waals surface area contributed by atoms with Crippen molar-refractivity contribution in [3.8, 4) is 0 Å². The van der Waals surface area contributed by atoms with Crippen LogP contribution in [0, 0.1) is 5.92 Å². The number of thioether (sulfide) groups is 1. The Hall–Kier alpha value is -2.80. The Bertz CT molecular complexity index is 1020. The van der Waals surface area contributed by atoms with Gasteiger partial charge in [-0.15, -0.1) is 0 Å². The fourth-order valence-electron chi connectivity index (χ4n) is 3.57. The molecule has 0 bridgehead atoms. The van der Waals surface area contributed by atoms with Crippen LogP contribution in [0.25, 0.3) is 11.1 Å². The van der Waals surface area contributed by atoms with Crippen LogP contribution in [-0.2, 0) is 10.5 Å². The summed E-state index contributed by atoms with van der Waals surface area (Å²) in [7, 11) is 0. The Morgan fingerprint density at radius 3 is 2.40 bits per heavy atom. The normalized spacial score (nSPS) is 14.5. The van der Waals surface area contributed by atoms with E-state index in [9.17, 15) is 9.59 Å². The standard InChI is InChI=1S/C23H25N3O3S/c1-16(2)21(27)25-11-13-26(14-12-25)22(28)18-8-4-3-7-17(18)15-30-23-24-19-9-5-6-10-20(19)29-23/h3-10,16H,11-15H2,1-2H3. The lowest BCUT2D eigenvalue weighted by Gasteiger charge is -2.35. The summed E-state index contributed by atoms with van der Waals surface area (Å²) in [5.74, 6) is 0.745. The van der Waals surface area contributed by atoms with Gasteiger partial charge in [-0.1, -0.05) is 55.9 Å². The lowest BCUT2D eigenvalue weighted by Crippen LogP contribution is -2.51. The number of nitrogens with zero attached hydrogens (tertiary/aromatic N) is 3. The molecule has 0 N–H and O–H groups in total. The summed E-state index contributed by atoms with van der Waals surface area (Å²) in [4.78, 5) is 33.5. The molecule has 0 spiro atoms. The molecule has 2 aromatic carbocycles. The third-order valence-corrected chi connectivity index (χ3v) is 6.12. The van der Waals surface area contributed by atoms with Gasteiger partial charge in [-0.25, -0.2) is 4.98 Å². The number of hydrogen-bond donors (Lipinski definition) is 0. The second kappa shape index (κ2) is 8.92. The zero-order valence-electron chi connectivity index (χ0n) is 17.2. The smallest absolute Gasteiger partial charge is 0.257 e. The van der Waals surface area contributed by atoms with Gasteiger partial charge < -0.3 is 14.2 Å². The molecule has 1 aliphatic heterocycles. The molecule has 1 fully saturated rings. The molecular weight excluding hydrogens is 398 g/mol. The number of para-hydroxylation sites is 2. The molecule has 30 heavy (non-hydrogen) atoms. The number of benzene rings is 2. The van der Waals surface area contributed by atoms with Crippen LogP contribution in [0.2, 0.25) is 0 Å². The first-order valence-corrected chi connectivity index (χ1v) is 11.2. The molecule has 2 heterocycles. The van der Waals surface area contributed by atoms with E-state index in [1.807, 2.05) is 72.2 Å². The van der Waals surface area contributed by atoms with Gasteiger partial charge in [0.25, 0.3) is 11.1 Å². The van der Waals surface area contributed by atoms with E-state index >= 15 is 0 Å². The van der Waals surface area contributed by atoms with Crippen LogP contribution in [0.15, 0.2) is 58.2 Å². The summed E-state index contributed by atoms with van der Waals surface area (Å²) in [6.45, 7) is 6.11. The highest BCUT2D eigenvalue weighted by Crippen LogP contribution is 2.27. The number of amides is 2. The monoisotopic (exact) mass is 423 g/mol. The highest BCUT2D eigenvalue weighted by atomic mass is 32.2. The van der Waals surface area contributed by atoms with Crippen LogP contribution in [-0.4, -0.2) is 52.8 Å². The molecule has 0 atom stereocenters. The predicted octanol–water partition coefficient (Wildman–Crippen LogP) is 4.06. The van der Waals surface area contributed by atoms with Gasteiger partial charge in [0.1, 0.15) is 5.52 Å². The molecule has 156 valence electrons. The van der Waals surface area contributed by atoms with Gasteiger partial charge in [0.05, 0.1) is 0 Å². The van der Waals surface area contributed by atoms with Gasteiger partial charge >= 0.3 is 0 Å². The number of rotatable bonds is 5. The van der Waals surface area contributed by atoms with Gasteiger partial charge in [-0.05, 0) is 23.8 Å². The first kappa shape index (κ1) is 20.5. The van der Waals surface area contributed by atoms with Gasteiger partial charge in [0.2, 0.25) is 5.91 Å². The van der Waals surface area contributed by atoms with Gasteiger partial charge in [0, 0.05) is 43.4 Å². The van der Waals surface area contributed by atoms with E-state index < -0.39 is 0 Å². The van der Waals surface area contributed by atoms with Crippen molar-refractivity contribution in [2.24, 2.45) is 5.92 Å². The molecule has 1 aliphatic rings. The molecular formula is C23H25N3O3S. The van der Waals surface area contributed by atoms with E-state index in [1.54, 1.807) is 0 Å². The van der Waals surface area contributed by atoms with Crippen molar-refractivity contribution in [1.29, 1.82) is 0 Å². The quantitative estimate of drug-likeness (QED) is 0.579. The Morgan fingerprint density at radius 1 is 1.00 bits per heavy atom. The summed E-state index contributed by atoms with van der Waals surface area (Å²) in [6, 6.07) is 15.3. The Morgan fingerprint density at radius 2 is 1.67 bits per heavy atom. The molecule has 1 saturated heterocycles. The molecule has 1 aromatic heterocycles. The maximum Gasteiger partial charge on any atom is 0.257 e. The van der Waals surface area contributed by atoms with E-state index in [1.165, 1.54) is 11.8 Å². The fourth-order valence-corrected chi connectivity index (χ4v) is 4.41. The third kappa shape index (κ3) is 4.36. The summed E-state index contributed by atoms with van der Waals surface area (Å²) >= 11 is 1.48.